The maximum absolute atomic E-state index is 13.0. The number of nitrogens with one attached hydrogen (secondary N) is 1. The highest BCUT2D eigenvalue weighted by Gasteiger charge is 2.34. The Hall–Kier alpha value is -1.88. The third-order valence-electron chi connectivity index (χ3n) is 6.11. The second-order valence-electron chi connectivity index (χ2n) is 8.14. The van der Waals surface area contributed by atoms with Gasteiger partial charge in [0.1, 0.15) is 11.5 Å². The lowest BCUT2D eigenvalue weighted by molar-refractivity contribution is -0.117. The summed E-state index contributed by atoms with van der Waals surface area (Å²) in [5.74, 6) is 1.03. The highest BCUT2D eigenvalue weighted by Crippen LogP contribution is 2.26. The van der Waals surface area contributed by atoms with E-state index in [2.05, 4.69) is 5.32 Å². The topological polar surface area (TPSA) is 91.4 Å². The maximum Gasteiger partial charge on any atom is 0.282 e. The molecule has 174 valence electrons. The van der Waals surface area contributed by atoms with Crippen molar-refractivity contribution >= 4 is 21.8 Å². The zero-order valence-corrected chi connectivity index (χ0v) is 19.5. The summed E-state index contributed by atoms with van der Waals surface area (Å²) in [6.07, 6.45) is 5.24. The Balaban J connectivity index is 1.51. The Morgan fingerprint density at radius 1 is 1.03 bits per heavy atom. The van der Waals surface area contributed by atoms with Gasteiger partial charge in [0.05, 0.1) is 20.8 Å². The summed E-state index contributed by atoms with van der Waals surface area (Å²) in [5.41, 5.74) is 0.594. The van der Waals surface area contributed by atoms with E-state index in [1.54, 1.807) is 48.1 Å². The van der Waals surface area contributed by atoms with E-state index in [0.29, 0.717) is 43.4 Å². The Morgan fingerprint density at radius 2 is 1.61 bits per heavy atom. The molecule has 2 aliphatic rings. The van der Waals surface area contributed by atoms with E-state index in [9.17, 15) is 13.2 Å². The summed E-state index contributed by atoms with van der Waals surface area (Å²) in [7, 11) is 1.35. The molecule has 1 N–H and O–H groups in total. The molecule has 10 heteroatoms. The summed E-state index contributed by atoms with van der Waals surface area (Å²) in [6, 6.07) is 5.29. The highest BCUT2D eigenvalue weighted by molar-refractivity contribution is 7.86. The van der Waals surface area contributed by atoms with Crippen molar-refractivity contribution in [1.82, 2.24) is 13.5 Å². The molecule has 3 rings (SSSR count). The first-order chi connectivity index (χ1) is 14.8. The van der Waals surface area contributed by atoms with Crippen molar-refractivity contribution in [3.05, 3.63) is 18.2 Å². The van der Waals surface area contributed by atoms with Crippen molar-refractivity contribution in [3.8, 4) is 11.5 Å². The van der Waals surface area contributed by atoms with Gasteiger partial charge in [-0.3, -0.25) is 9.69 Å². The summed E-state index contributed by atoms with van der Waals surface area (Å²) in [6.45, 7) is 2.02. The van der Waals surface area contributed by atoms with Crippen molar-refractivity contribution in [1.29, 1.82) is 0 Å². The van der Waals surface area contributed by atoms with Crippen LogP contribution in [0.25, 0.3) is 0 Å². The van der Waals surface area contributed by atoms with Crippen LogP contribution >= 0.6 is 0 Å². The molecule has 2 fully saturated rings. The van der Waals surface area contributed by atoms with Crippen LogP contribution in [0, 0.1) is 0 Å². The van der Waals surface area contributed by atoms with E-state index < -0.39 is 10.2 Å². The zero-order chi connectivity index (χ0) is 22.4. The number of amides is 1. The fourth-order valence-corrected chi connectivity index (χ4v) is 5.79. The lowest BCUT2D eigenvalue weighted by Crippen LogP contribution is -2.55. The molecule has 1 saturated heterocycles. The van der Waals surface area contributed by atoms with Crippen LogP contribution in [-0.2, 0) is 15.0 Å². The van der Waals surface area contributed by atoms with Gasteiger partial charge in [0.15, 0.2) is 0 Å². The van der Waals surface area contributed by atoms with E-state index in [1.807, 2.05) is 4.90 Å². The van der Waals surface area contributed by atoms with E-state index in [1.165, 1.54) is 6.42 Å². The van der Waals surface area contributed by atoms with Crippen molar-refractivity contribution < 1.29 is 22.7 Å². The number of benzene rings is 1. The minimum absolute atomic E-state index is 0.0995. The summed E-state index contributed by atoms with van der Waals surface area (Å²) in [4.78, 5) is 14.5. The van der Waals surface area contributed by atoms with Gasteiger partial charge in [-0.2, -0.15) is 17.0 Å². The van der Waals surface area contributed by atoms with Crippen LogP contribution in [0.2, 0.25) is 0 Å². The largest absolute Gasteiger partial charge is 0.497 e. The van der Waals surface area contributed by atoms with E-state index in [4.69, 9.17) is 9.47 Å². The molecule has 1 aliphatic heterocycles. The average Bonchev–Trinajstić information content (AvgIpc) is 2.79. The SMILES string of the molecule is COc1cc(NC(=O)CN2CCN(S(=O)(=O)N(C)C3CCCCC3)CC2)cc(OC)c1. The molecule has 0 aromatic heterocycles. The third kappa shape index (κ3) is 6.09. The molecule has 0 radical (unpaired) electrons. The second kappa shape index (κ2) is 10.6. The minimum Gasteiger partial charge on any atom is -0.497 e. The highest BCUT2D eigenvalue weighted by atomic mass is 32.2. The number of methoxy groups -OCH3 is 2. The quantitative estimate of drug-likeness (QED) is 0.644. The number of anilines is 1. The summed E-state index contributed by atoms with van der Waals surface area (Å²) in [5, 5.41) is 2.86. The molecular formula is C21H34N4O5S. The minimum atomic E-state index is -3.47. The van der Waals surface area contributed by atoms with Gasteiger partial charge in [-0.25, -0.2) is 0 Å². The van der Waals surface area contributed by atoms with Crippen molar-refractivity contribution in [2.45, 2.75) is 38.1 Å². The molecule has 0 unspecified atom stereocenters. The van der Waals surface area contributed by atoms with Gasteiger partial charge >= 0.3 is 0 Å². The third-order valence-corrected chi connectivity index (χ3v) is 8.16. The maximum atomic E-state index is 13.0. The van der Waals surface area contributed by atoms with Crippen LogP contribution in [0.4, 0.5) is 5.69 Å². The standard InChI is InChI=1S/C21H34N4O5S/c1-23(18-7-5-4-6-8-18)31(27,28)25-11-9-24(10-12-25)16-21(26)22-17-13-19(29-2)15-20(14-17)30-3/h13-15,18H,4-12,16H2,1-3H3,(H,22,26). The van der Waals surface area contributed by atoms with Gasteiger partial charge in [-0.1, -0.05) is 19.3 Å². The first-order valence-corrected chi connectivity index (χ1v) is 12.2. The van der Waals surface area contributed by atoms with Crippen molar-refractivity contribution in [3.63, 3.8) is 0 Å². The molecule has 0 atom stereocenters. The normalized spacial score (nSPS) is 19.4. The van der Waals surface area contributed by atoms with Gasteiger partial charge in [0.25, 0.3) is 10.2 Å². The molecule has 1 aliphatic carbocycles. The molecule has 1 amide bonds. The number of carbonyl (C=O) groups is 1. The molecule has 9 nitrogen and oxygen atoms in total. The summed E-state index contributed by atoms with van der Waals surface area (Å²) < 4.78 is 39.6. The number of carbonyl (C=O) groups excluding carboxylic acids is 1. The Labute approximate surface area is 185 Å². The Morgan fingerprint density at radius 3 is 2.16 bits per heavy atom. The number of piperazine rings is 1. The number of ether oxygens (including phenoxy) is 2. The molecule has 1 saturated carbocycles. The van der Waals surface area contributed by atoms with Crippen LogP contribution in [0.15, 0.2) is 18.2 Å². The molecule has 1 heterocycles. The van der Waals surface area contributed by atoms with Gasteiger partial charge in [0.2, 0.25) is 5.91 Å². The summed E-state index contributed by atoms with van der Waals surface area (Å²) >= 11 is 0. The zero-order valence-electron chi connectivity index (χ0n) is 18.7. The predicted octanol–water partition coefficient (Wildman–Crippen LogP) is 1.77. The van der Waals surface area contributed by atoms with Crippen LogP contribution < -0.4 is 14.8 Å². The smallest absolute Gasteiger partial charge is 0.282 e. The van der Waals surface area contributed by atoms with Gasteiger partial charge in [0, 0.05) is 63.2 Å². The number of hydrogen-bond acceptors (Lipinski definition) is 6. The molecule has 1 aromatic rings. The Kier molecular flexibility index (Phi) is 8.15. The van der Waals surface area contributed by atoms with Gasteiger partial charge < -0.3 is 14.8 Å². The molecule has 0 bridgehead atoms. The van der Waals surface area contributed by atoms with Gasteiger partial charge in [-0.05, 0) is 12.8 Å². The molecule has 31 heavy (non-hydrogen) atoms. The van der Waals surface area contributed by atoms with Crippen molar-refractivity contribution in [2.75, 3.05) is 59.3 Å². The van der Waals surface area contributed by atoms with Crippen LogP contribution in [0.3, 0.4) is 0 Å². The van der Waals surface area contributed by atoms with E-state index in [0.717, 1.165) is 25.7 Å². The number of nitrogens with zero attached hydrogens (tertiary/aromatic N) is 3. The second-order valence-corrected chi connectivity index (χ2v) is 10.1. The monoisotopic (exact) mass is 454 g/mol. The Bertz CT molecular complexity index is 827. The molecular weight excluding hydrogens is 420 g/mol. The fourth-order valence-electron chi connectivity index (χ4n) is 4.22. The molecule has 1 aromatic carbocycles. The number of hydrogen-bond donors (Lipinski definition) is 1. The van der Waals surface area contributed by atoms with Crippen LogP contribution in [-0.4, -0.2) is 87.9 Å². The first-order valence-electron chi connectivity index (χ1n) is 10.8. The first kappa shape index (κ1) is 23.8. The van der Waals surface area contributed by atoms with Gasteiger partial charge in [-0.15, -0.1) is 0 Å². The fraction of sp³-hybridized carbons (Fsp3) is 0.667. The van der Waals surface area contributed by atoms with Crippen LogP contribution in [0.1, 0.15) is 32.1 Å². The lowest BCUT2D eigenvalue weighted by atomic mass is 9.96. The van der Waals surface area contributed by atoms with E-state index >= 15 is 0 Å². The predicted molar refractivity (Wildman–Crippen MR) is 120 cm³/mol. The molecule has 0 spiro atoms. The average molecular weight is 455 g/mol. The van der Waals surface area contributed by atoms with E-state index in [-0.39, 0.29) is 18.5 Å². The number of rotatable bonds is 8. The van der Waals surface area contributed by atoms with Crippen LogP contribution in [0.5, 0.6) is 11.5 Å². The lowest BCUT2D eigenvalue weighted by Gasteiger charge is -2.38. The van der Waals surface area contributed by atoms with Crippen molar-refractivity contribution in [2.24, 2.45) is 0 Å².